The summed E-state index contributed by atoms with van der Waals surface area (Å²) in [5.74, 6) is 1.75. The second-order valence-corrected chi connectivity index (χ2v) is 12.7. The lowest BCUT2D eigenvalue weighted by Crippen LogP contribution is -2.48. The van der Waals surface area contributed by atoms with Gasteiger partial charge in [0, 0.05) is 19.1 Å². The molecule has 1 fully saturated rings. The molecule has 3 rings (SSSR count). The minimum Gasteiger partial charge on any atom is -0.493 e. The van der Waals surface area contributed by atoms with Crippen molar-refractivity contribution in [1.82, 2.24) is 15.3 Å². The minimum atomic E-state index is -0.765. The van der Waals surface area contributed by atoms with Gasteiger partial charge in [-0.3, -0.25) is 15.1 Å². The quantitative estimate of drug-likeness (QED) is 0.0925. The zero-order valence-corrected chi connectivity index (χ0v) is 29.2. The molecule has 264 valence electrons. The molecule has 0 radical (unpaired) electrons. The van der Waals surface area contributed by atoms with Gasteiger partial charge in [0.25, 0.3) is 11.0 Å². The van der Waals surface area contributed by atoms with E-state index in [2.05, 4.69) is 48.2 Å². The number of nitriles is 1. The fourth-order valence-electron chi connectivity index (χ4n) is 6.26. The molecule has 2 atom stereocenters. The molecule has 12 heteroatoms. The number of hydrogen-bond donors (Lipinski definition) is 1. The summed E-state index contributed by atoms with van der Waals surface area (Å²) in [6, 6.07) is 16.4. The topological polar surface area (TPSA) is 139 Å². The van der Waals surface area contributed by atoms with Crippen LogP contribution in [0.3, 0.4) is 0 Å². The van der Waals surface area contributed by atoms with E-state index in [1.165, 1.54) is 0 Å². The third-order valence-electron chi connectivity index (χ3n) is 9.41. The van der Waals surface area contributed by atoms with Crippen molar-refractivity contribution in [2.75, 3.05) is 54.1 Å². The first-order valence-electron chi connectivity index (χ1n) is 17.0. The zero-order chi connectivity index (χ0) is 34.9. The maximum Gasteiger partial charge on any atom is 0.294 e. The van der Waals surface area contributed by atoms with E-state index < -0.39 is 10.5 Å². The molecular formula is C36H53N5O7. The molecule has 2 aromatic rings. The Hall–Kier alpha value is -4.08. The number of hydrazine groups is 1. The lowest BCUT2D eigenvalue weighted by atomic mass is 9.74. The summed E-state index contributed by atoms with van der Waals surface area (Å²) in [5, 5.41) is 22.1. The Kier molecular flexibility index (Phi) is 15.7. The van der Waals surface area contributed by atoms with Crippen LogP contribution in [0, 0.1) is 27.4 Å². The number of ether oxygens (including phenoxy) is 3. The average Bonchev–Trinajstić information content (AvgIpc) is 3.10. The highest BCUT2D eigenvalue weighted by Gasteiger charge is 2.33. The molecule has 0 aliphatic carbocycles. The first-order valence-corrected chi connectivity index (χ1v) is 17.0. The predicted octanol–water partition coefficient (Wildman–Crippen LogP) is 6.24. The Morgan fingerprint density at radius 3 is 2.50 bits per heavy atom. The Morgan fingerprint density at radius 1 is 1.10 bits per heavy atom. The predicted molar refractivity (Wildman–Crippen MR) is 183 cm³/mol. The van der Waals surface area contributed by atoms with Gasteiger partial charge in [-0.05, 0) is 93.9 Å². The Labute approximate surface area is 285 Å². The fraction of sp³-hybridized carbons (Fsp3) is 0.611. The van der Waals surface area contributed by atoms with E-state index in [4.69, 9.17) is 14.2 Å². The molecule has 0 saturated carbocycles. The van der Waals surface area contributed by atoms with Crippen LogP contribution in [0.1, 0.15) is 88.8 Å². The zero-order valence-electron chi connectivity index (χ0n) is 29.2. The molecule has 0 aromatic heterocycles. The highest BCUT2D eigenvalue weighted by Crippen LogP contribution is 2.39. The van der Waals surface area contributed by atoms with Crippen LogP contribution in [0.15, 0.2) is 42.5 Å². The molecular weight excluding hydrogens is 614 g/mol. The number of benzene rings is 2. The van der Waals surface area contributed by atoms with E-state index in [1.807, 2.05) is 41.4 Å². The van der Waals surface area contributed by atoms with E-state index >= 15 is 0 Å². The van der Waals surface area contributed by atoms with Crippen LogP contribution in [-0.4, -0.2) is 75.0 Å². The van der Waals surface area contributed by atoms with E-state index in [0.29, 0.717) is 43.2 Å². The number of piperidine rings is 1. The molecule has 12 nitrogen and oxygen atoms in total. The van der Waals surface area contributed by atoms with Crippen molar-refractivity contribution >= 4 is 5.91 Å². The average molecular weight is 668 g/mol. The molecule has 2 aromatic carbocycles. The van der Waals surface area contributed by atoms with Gasteiger partial charge in [0.05, 0.1) is 32.3 Å². The molecule has 2 unspecified atom stereocenters. The van der Waals surface area contributed by atoms with Crippen molar-refractivity contribution in [3.63, 3.8) is 0 Å². The molecule has 1 saturated heterocycles. The van der Waals surface area contributed by atoms with Crippen molar-refractivity contribution in [2.45, 2.75) is 83.1 Å². The number of nitrogens with zero attached hydrogens (tertiary/aromatic N) is 4. The summed E-state index contributed by atoms with van der Waals surface area (Å²) < 4.78 is 16.9. The molecule has 1 N–H and O–H groups in total. The Morgan fingerprint density at radius 2 is 1.83 bits per heavy atom. The number of carbonyl (C=O) groups excluding carboxylic acids is 1. The smallest absolute Gasteiger partial charge is 0.294 e. The number of methoxy groups -OCH3 is 2. The van der Waals surface area contributed by atoms with Gasteiger partial charge in [-0.25, -0.2) is 5.01 Å². The largest absolute Gasteiger partial charge is 0.493 e. The van der Waals surface area contributed by atoms with Gasteiger partial charge >= 0.3 is 0 Å². The number of unbranched alkanes of at least 4 members (excludes halogenated alkanes) is 3. The van der Waals surface area contributed by atoms with E-state index in [9.17, 15) is 20.2 Å². The van der Waals surface area contributed by atoms with Gasteiger partial charge in [-0.2, -0.15) is 5.26 Å². The highest BCUT2D eigenvalue weighted by molar-refractivity contribution is 5.77. The third-order valence-corrected chi connectivity index (χ3v) is 9.41. The molecule has 0 spiro atoms. The van der Waals surface area contributed by atoms with Crippen molar-refractivity contribution < 1.29 is 28.9 Å². The SMILES string of the molecule is CCCCCCC(C#N)(CCCN(C)C(C)c1cccc(OCC(=O)NN2CCC(CO[N+](=O)[O-])CC2)c1)c1ccc(OC)c(OC)c1. The maximum absolute atomic E-state index is 12.6. The van der Waals surface area contributed by atoms with Crippen LogP contribution in [0.5, 0.6) is 17.2 Å². The number of amides is 1. The van der Waals surface area contributed by atoms with Crippen LogP contribution in [0.2, 0.25) is 0 Å². The van der Waals surface area contributed by atoms with E-state index in [1.54, 1.807) is 14.2 Å². The molecule has 1 heterocycles. The van der Waals surface area contributed by atoms with Crippen LogP contribution in [-0.2, 0) is 15.0 Å². The lowest BCUT2D eigenvalue weighted by molar-refractivity contribution is -0.759. The van der Waals surface area contributed by atoms with Gasteiger partial charge in [-0.1, -0.05) is 50.8 Å². The number of rotatable bonds is 21. The van der Waals surface area contributed by atoms with Gasteiger partial charge in [0.1, 0.15) is 5.75 Å². The second-order valence-electron chi connectivity index (χ2n) is 12.7. The van der Waals surface area contributed by atoms with Crippen LogP contribution in [0.25, 0.3) is 0 Å². The van der Waals surface area contributed by atoms with Crippen LogP contribution in [0.4, 0.5) is 0 Å². The van der Waals surface area contributed by atoms with Gasteiger partial charge in [0.2, 0.25) is 0 Å². The van der Waals surface area contributed by atoms with Crippen molar-refractivity contribution in [1.29, 1.82) is 5.26 Å². The number of nitrogens with one attached hydrogen (secondary N) is 1. The molecule has 1 amide bonds. The number of carbonyl (C=O) groups is 1. The van der Waals surface area contributed by atoms with Crippen molar-refractivity contribution in [3.8, 4) is 23.3 Å². The minimum absolute atomic E-state index is 0.0843. The second kappa shape index (κ2) is 19.7. The number of hydrogen-bond acceptors (Lipinski definition) is 10. The summed E-state index contributed by atoms with van der Waals surface area (Å²) in [5.41, 5.74) is 4.28. The lowest BCUT2D eigenvalue weighted by Gasteiger charge is -2.31. The van der Waals surface area contributed by atoms with Gasteiger partial charge in [-0.15, -0.1) is 10.1 Å². The Balaban J connectivity index is 1.54. The first-order chi connectivity index (χ1) is 23.1. The van der Waals surface area contributed by atoms with Crippen molar-refractivity contribution in [2.24, 2.45) is 5.92 Å². The third kappa shape index (κ3) is 11.6. The monoisotopic (exact) mass is 667 g/mol. The standard InChI is InChI=1S/C36H53N5O7/c1-6-7-8-9-18-36(27-37,31-14-15-33(45-4)34(24-31)46-5)19-11-20-39(3)28(2)30-12-10-13-32(23-30)47-26-35(42)38-40-21-16-29(17-22-40)25-48-41(43)44/h10,12-15,23-24,28-29H,6-9,11,16-22,25-26H2,1-5H3,(H,38,42). The fourth-order valence-corrected chi connectivity index (χ4v) is 6.26. The first kappa shape index (κ1) is 38.4. The summed E-state index contributed by atoms with van der Waals surface area (Å²) in [6.07, 6.45) is 8.17. The summed E-state index contributed by atoms with van der Waals surface area (Å²) in [7, 11) is 5.32. The molecule has 48 heavy (non-hydrogen) atoms. The summed E-state index contributed by atoms with van der Waals surface area (Å²) >= 11 is 0. The molecule has 1 aliphatic heterocycles. The summed E-state index contributed by atoms with van der Waals surface area (Å²) in [4.78, 5) is 29.8. The normalized spacial score (nSPS) is 15.6. The van der Waals surface area contributed by atoms with Crippen LogP contribution < -0.4 is 19.6 Å². The maximum atomic E-state index is 12.6. The molecule has 1 aliphatic rings. The van der Waals surface area contributed by atoms with Gasteiger partial charge < -0.3 is 19.0 Å². The van der Waals surface area contributed by atoms with Crippen molar-refractivity contribution in [3.05, 3.63) is 63.7 Å². The molecule has 0 bridgehead atoms. The highest BCUT2D eigenvalue weighted by atomic mass is 16.9. The van der Waals surface area contributed by atoms with E-state index in [-0.39, 0.29) is 31.1 Å². The van der Waals surface area contributed by atoms with Crippen LogP contribution >= 0.6 is 0 Å². The van der Waals surface area contributed by atoms with Gasteiger partial charge in [0.15, 0.2) is 18.1 Å². The van der Waals surface area contributed by atoms with E-state index in [0.717, 1.165) is 62.6 Å². The Bertz CT molecular complexity index is 1340. The summed E-state index contributed by atoms with van der Waals surface area (Å²) in [6.45, 7) is 6.29.